The van der Waals surface area contributed by atoms with E-state index in [2.05, 4.69) is 54.0 Å². The van der Waals surface area contributed by atoms with Crippen LogP contribution in [0.25, 0.3) is 0 Å². The molecule has 2 heterocycles. The van der Waals surface area contributed by atoms with Crippen LogP contribution in [0.5, 0.6) is 0 Å². The maximum absolute atomic E-state index is 10.9. The van der Waals surface area contributed by atoms with Gasteiger partial charge in [-0.05, 0) is 18.9 Å². The molecule has 1 N–H and O–H groups in total. The number of rotatable bonds is 5. The van der Waals surface area contributed by atoms with Crippen molar-refractivity contribution >= 4 is 0 Å². The van der Waals surface area contributed by atoms with Gasteiger partial charge in [-0.1, -0.05) is 37.3 Å². The molecule has 4 nitrogen and oxygen atoms in total. The molecule has 2 saturated heterocycles. The molecule has 0 spiro atoms. The first-order valence-corrected chi connectivity index (χ1v) is 9.42. The van der Waals surface area contributed by atoms with Gasteiger partial charge < -0.3 is 9.84 Å². The first-order valence-electron chi connectivity index (χ1n) is 9.42. The van der Waals surface area contributed by atoms with Gasteiger partial charge in [0.1, 0.15) is 0 Å². The summed E-state index contributed by atoms with van der Waals surface area (Å²) in [6.07, 6.45) is 2.66. The Labute approximate surface area is 146 Å². The largest absolute Gasteiger partial charge is 0.388 e. The molecule has 2 atom stereocenters. The molecule has 2 fully saturated rings. The summed E-state index contributed by atoms with van der Waals surface area (Å²) in [5.74, 6) is 0. The van der Waals surface area contributed by atoms with Gasteiger partial charge in [-0.25, -0.2) is 0 Å². The van der Waals surface area contributed by atoms with Gasteiger partial charge >= 0.3 is 0 Å². The molecule has 4 heteroatoms. The van der Waals surface area contributed by atoms with Crippen molar-refractivity contribution in [1.82, 2.24) is 9.80 Å². The molecule has 0 unspecified atom stereocenters. The predicted molar refractivity (Wildman–Crippen MR) is 97.0 cm³/mol. The summed E-state index contributed by atoms with van der Waals surface area (Å²) in [6, 6.07) is 11.8. The van der Waals surface area contributed by atoms with Crippen LogP contribution in [0.2, 0.25) is 0 Å². The van der Waals surface area contributed by atoms with Crippen LogP contribution in [0, 0.1) is 0 Å². The van der Waals surface area contributed by atoms with Gasteiger partial charge in [-0.3, -0.25) is 9.80 Å². The first kappa shape index (κ1) is 17.9. The Morgan fingerprint density at radius 3 is 2.50 bits per heavy atom. The number of benzene rings is 1. The summed E-state index contributed by atoms with van der Waals surface area (Å²) >= 11 is 0. The summed E-state index contributed by atoms with van der Waals surface area (Å²) in [5, 5.41) is 10.9. The van der Waals surface area contributed by atoms with Crippen LogP contribution in [0.4, 0.5) is 0 Å². The molecule has 1 aromatic rings. The summed E-state index contributed by atoms with van der Waals surface area (Å²) < 4.78 is 5.43. The molecule has 0 bridgehead atoms. The lowest BCUT2D eigenvalue weighted by molar-refractivity contribution is -0.0977. The average molecular weight is 332 g/mol. The van der Waals surface area contributed by atoms with E-state index in [-0.39, 0.29) is 0 Å². The van der Waals surface area contributed by atoms with Gasteiger partial charge in [0.2, 0.25) is 0 Å². The molecule has 0 radical (unpaired) electrons. The Hall–Kier alpha value is -0.940. The Balaban J connectivity index is 1.62. The fourth-order valence-electron chi connectivity index (χ4n) is 4.08. The summed E-state index contributed by atoms with van der Waals surface area (Å²) in [5.41, 5.74) is 0.822. The molecule has 0 aromatic heterocycles. The fourth-order valence-corrected chi connectivity index (χ4v) is 4.08. The highest BCUT2D eigenvalue weighted by Crippen LogP contribution is 2.26. The van der Waals surface area contributed by atoms with Crippen molar-refractivity contribution in [2.45, 2.75) is 57.3 Å². The minimum Gasteiger partial charge on any atom is -0.388 e. The predicted octanol–water partition coefficient (Wildman–Crippen LogP) is 2.51. The van der Waals surface area contributed by atoms with E-state index in [4.69, 9.17) is 4.74 Å². The zero-order chi connectivity index (χ0) is 17.0. The topological polar surface area (TPSA) is 35.9 Å². The number of β-amino-alcohol motifs (C(OH)–C–C–N with tert-alkyl or cyclic N) is 1. The van der Waals surface area contributed by atoms with Gasteiger partial charge in [0.25, 0.3) is 0 Å². The molecule has 0 aliphatic carbocycles. The van der Waals surface area contributed by atoms with E-state index in [0.29, 0.717) is 25.3 Å². The number of hydrogen-bond acceptors (Lipinski definition) is 4. The van der Waals surface area contributed by atoms with E-state index in [1.165, 1.54) is 5.56 Å². The third-order valence-corrected chi connectivity index (χ3v) is 5.70. The van der Waals surface area contributed by atoms with Crippen molar-refractivity contribution in [3.8, 4) is 0 Å². The fraction of sp³-hybridized carbons (Fsp3) is 0.700. The zero-order valence-corrected chi connectivity index (χ0v) is 15.2. The van der Waals surface area contributed by atoms with E-state index in [0.717, 1.165) is 45.4 Å². The first-order chi connectivity index (χ1) is 11.6. The Kier molecular flexibility index (Phi) is 5.93. The van der Waals surface area contributed by atoms with Crippen molar-refractivity contribution in [2.24, 2.45) is 0 Å². The van der Waals surface area contributed by atoms with Gasteiger partial charge in [0.15, 0.2) is 0 Å². The van der Waals surface area contributed by atoms with Crippen LogP contribution < -0.4 is 0 Å². The van der Waals surface area contributed by atoms with Crippen LogP contribution in [0.3, 0.4) is 0 Å². The van der Waals surface area contributed by atoms with Gasteiger partial charge in [-0.15, -0.1) is 0 Å². The van der Waals surface area contributed by atoms with Crippen molar-refractivity contribution in [2.75, 3.05) is 32.8 Å². The van der Waals surface area contributed by atoms with E-state index >= 15 is 0 Å². The highest BCUT2D eigenvalue weighted by atomic mass is 16.5. The second-order valence-electron chi connectivity index (χ2n) is 7.59. The van der Waals surface area contributed by atoms with Crippen LogP contribution in [0.1, 0.15) is 38.7 Å². The number of hydrogen-bond donors (Lipinski definition) is 1. The monoisotopic (exact) mass is 332 g/mol. The Bertz CT molecular complexity index is 502. The molecule has 2 aliphatic heterocycles. The lowest BCUT2D eigenvalue weighted by Gasteiger charge is -2.48. The minimum absolute atomic E-state index is 0.511. The number of piperazine rings is 1. The molecule has 3 rings (SSSR count). The summed E-state index contributed by atoms with van der Waals surface area (Å²) in [7, 11) is 0. The summed E-state index contributed by atoms with van der Waals surface area (Å²) in [4.78, 5) is 5.12. The molecule has 0 saturated carbocycles. The number of nitrogens with zero attached hydrogens (tertiary/aromatic N) is 2. The Morgan fingerprint density at radius 1 is 1.12 bits per heavy atom. The number of ether oxygens (including phenoxy) is 1. The molecule has 24 heavy (non-hydrogen) atoms. The van der Waals surface area contributed by atoms with Crippen molar-refractivity contribution < 1.29 is 9.84 Å². The summed E-state index contributed by atoms with van der Waals surface area (Å²) in [6.45, 7) is 9.89. The van der Waals surface area contributed by atoms with Gasteiger partial charge in [0.05, 0.1) is 5.60 Å². The Morgan fingerprint density at radius 2 is 1.83 bits per heavy atom. The second-order valence-corrected chi connectivity index (χ2v) is 7.59. The zero-order valence-electron chi connectivity index (χ0n) is 15.2. The van der Waals surface area contributed by atoms with E-state index < -0.39 is 5.60 Å². The van der Waals surface area contributed by atoms with Crippen LogP contribution in [-0.4, -0.2) is 65.4 Å². The van der Waals surface area contributed by atoms with E-state index in [1.54, 1.807) is 0 Å². The molecule has 1 aromatic carbocycles. The van der Waals surface area contributed by atoms with E-state index in [9.17, 15) is 5.11 Å². The lowest BCUT2D eigenvalue weighted by Crippen LogP contribution is -2.60. The van der Waals surface area contributed by atoms with Gasteiger partial charge in [-0.2, -0.15) is 0 Å². The quantitative estimate of drug-likeness (QED) is 0.899. The highest BCUT2D eigenvalue weighted by Gasteiger charge is 2.37. The molecule has 0 amide bonds. The number of aliphatic hydroxyl groups is 1. The highest BCUT2D eigenvalue weighted by molar-refractivity contribution is 5.15. The maximum atomic E-state index is 10.9. The lowest BCUT2D eigenvalue weighted by atomic mass is 9.91. The molecule has 2 aliphatic rings. The standard InChI is InChI=1S/C20H32N2O2/c1-3-19-15-21(14-18-7-5-4-6-8-18)17(2)13-22(19)16-20(23)9-11-24-12-10-20/h4-8,17,19,23H,3,9-16H2,1-2H3/t17-,19+/m0/s1. The SMILES string of the molecule is CC[C@@H]1CN(Cc2ccccc2)[C@@H](C)CN1CC1(O)CCOCC1. The van der Waals surface area contributed by atoms with E-state index in [1.807, 2.05) is 0 Å². The van der Waals surface area contributed by atoms with Crippen molar-refractivity contribution in [3.05, 3.63) is 35.9 Å². The maximum Gasteiger partial charge on any atom is 0.0818 e. The third kappa shape index (κ3) is 4.37. The third-order valence-electron chi connectivity index (χ3n) is 5.70. The molecule has 134 valence electrons. The molecular weight excluding hydrogens is 300 g/mol. The van der Waals surface area contributed by atoms with Crippen LogP contribution >= 0.6 is 0 Å². The average Bonchev–Trinajstić information content (AvgIpc) is 2.58. The second kappa shape index (κ2) is 7.96. The normalized spacial score (nSPS) is 28.8. The van der Waals surface area contributed by atoms with Crippen molar-refractivity contribution in [1.29, 1.82) is 0 Å². The van der Waals surface area contributed by atoms with Crippen LogP contribution in [-0.2, 0) is 11.3 Å². The molecular formula is C20H32N2O2. The smallest absolute Gasteiger partial charge is 0.0818 e. The van der Waals surface area contributed by atoms with Crippen molar-refractivity contribution in [3.63, 3.8) is 0 Å². The minimum atomic E-state index is -0.563. The van der Waals surface area contributed by atoms with Gasteiger partial charge in [0, 0.05) is 64.3 Å². The van der Waals surface area contributed by atoms with Crippen LogP contribution in [0.15, 0.2) is 30.3 Å².